The van der Waals surface area contributed by atoms with Crippen molar-refractivity contribution >= 4 is 5.91 Å². The number of carbonyl (C=O) groups is 1. The number of benzene rings is 1. The highest BCUT2D eigenvalue weighted by Gasteiger charge is 2.23. The van der Waals surface area contributed by atoms with Crippen LogP contribution in [0.4, 0.5) is 0 Å². The third-order valence-electron chi connectivity index (χ3n) is 3.61. The molecule has 110 valence electrons. The second-order valence-electron chi connectivity index (χ2n) is 4.94. The Hall–Kier alpha value is -1.59. The van der Waals surface area contributed by atoms with E-state index in [1.165, 1.54) is 0 Å². The molecule has 5 heteroatoms. The Morgan fingerprint density at radius 2 is 2.25 bits per heavy atom. The topological polar surface area (TPSA) is 64.8 Å². The fourth-order valence-corrected chi connectivity index (χ4v) is 2.40. The number of carbonyl (C=O) groups excluding carboxylic acids is 1. The van der Waals surface area contributed by atoms with Gasteiger partial charge in [-0.3, -0.25) is 4.79 Å². The van der Waals surface area contributed by atoms with Gasteiger partial charge in [-0.15, -0.1) is 0 Å². The van der Waals surface area contributed by atoms with E-state index < -0.39 is 0 Å². The zero-order valence-electron chi connectivity index (χ0n) is 11.9. The van der Waals surface area contributed by atoms with E-state index in [1.54, 1.807) is 7.11 Å². The Bertz CT molecular complexity index is 450. The van der Waals surface area contributed by atoms with Gasteiger partial charge in [0, 0.05) is 32.3 Å². The number of ether oxygens (including phenoxy) is 2. The zero-order chi connectivity index (χ0) is 14.4. The molecule has 1 aromatic rings. The third kappa shape index (κ3) is 3.71. The molecule has 1 unspecified atom stereocenters. The van der Waals surface area contributed by atoms with E-state index in [2.05, 4.69) is 0 Å². The number of piperidine rings is 1. The lowest BCUT2D eigenvalue weighted by molar-refractivity contribution is -0.136. The molecule has 1 heterocycles. The van der Waals surface area contributed by atoms with Gasteiger partial charge in [0.15, 0.2) is 6.61 Å². The molecule has 0 radical (unpaired) electrons. The summed E-state index contributed by atoms with van der Waals surface area (Å²) in [6.07, 6.45) is 2.13. The fourth-order valence-electron chi connectivity index (χ4n) is 2.40. The highest BCUT2D eigenvalue weighted by Crippen LogP contribution is 2.18. The van der Waals surface area contributed by atoms with Crippen LogP contribution < -0.4 is 10.5 Å². The summed E-state index contributed by atoms with van der Waals surface area (Å²) in [6, 6.07) is 7.52. The van der Waals surface area contributed by atoms with Crippen LogP contribution in [0.3, 0.4) is 0 Å². The van der Waals surface area contributed by atoms with Gasteiger partial charge in [0.2, 0.25) is 0 Å². The van der Waals surface area contributed by atoms with E-state index >= 15 is 0 Å². The molecule has 1 amide bonds. The molecule has 2 N–H and O–H groups in total. The fraction of sp³-hybridized carbons (Fsp3) is 0.533. The van der Waals surface area contributed by atoms with E-state index in [0.29, 0.717) is 18.8 Å². The van der Waals surface area contributed by atoms with Crippen LogP contribution in [0, 0.1) is 0 Å². The van der Waals surface area contributed by atoms with Crippen molar-refractivity contribution in [1.29, 1.82) is 0 Å². The van der Waals surface area contributed by atoms with Gasteiger partial charge >= 0.3 is 0 Å². The van der Waals surface area contributed by atoms with Crippen molar-refractivity contribution in [2.75, 3.05) is 26.8 Å². The Labute approximate surface area is 119 Å². The van der Waals surface area contributed by atoms with Crippen LogP contribution in [0.1, 0.15) is 18.4 Å². The lowest BCUT2D eigenvalue weighted by Crippen LogP contribution is -2.44. The highest BCUT2D eigenvalue weighted by molar-refractivity contribution is 5.78. The minimum Gasteiger partial charge on any atom is -0.483 e. The molecule has 1 saturated heterocycles. The molecule has 0 bridgehead atoms. The lowest BCUT2D eigenvalue weighted by Gasteiger charge is -2.31. The Morgan fingerprint density at radius 1 is 1.45 bits per heavy atom. The van der Waals surface area contributed by atoms with Crippen LogP contribution in [-0.4, -0.2) is 43.7 Å². The highest BCUT2D eigenvalue weighted by atomic mass is 16.5. The van der Waals surface area contributed by atoms with Crippen molar-refractivity contribution in [2.24, 2.45) is 5.73 Å². The van der Waals surface area contributed by atoms with Gasteiger partial charge in [-0.25, -0.2) is 0 Å². The maximum atomic E-state index is 12.1. The molecule has 0 spiro atoms. The number of nitrogens with zero attached hydrogens (tertiary/aromatic N) is 1. The molecular weight excluding hydrogens is 256 g/mol. The molecule has 1 aromatic carbocycles. The Morgan fingerprint density at radius 3 is 3.00 bits per heavy atom. The SMILES string of the molecule is COC1CCCN(C(=O)COc2ccccc2CN)C1. The summed E-state index contributed by atoms with van der Waals surface area (Å²) >= 11 is 0. The van der Waals surface area contributed by atoms with E-state index in [4.69, 9.17) is 15.2 Å². The number of amides is 1. The molecular formula is C15H22N2O3. The largest absolute Gasteiger partial charge is 0.483 e. The van der Waals surface area contributed by atoms with Crippen LogP contribution >= 0.6 is 0 Å². The van der Waals surface area contributed by atoms with Gasteiger partial charge in [0.05, 0.1) is 6.10 Å². The number of methoxy groups -OCH3 is 1. The number of hydrogen-bond acceptors (Lipinski definition) is 4. The molecule has 1 fully saturated rings. The molecule has 0 aromatic heterocycles. The molecule has 20 heavy (non-hydrogen) atoms. The molecule has 0 aliphatic carbocycles. The predicted octanol–water partition coefficient (Wildman–Crippen LogP) is 1.16. The molecule has 1 atom stereocenters. The summed E-state index contributed by atoms with van der Waals surface area (Å²) in [6.45, 7) is 1.88. The lowest BCUT2D eigenvalue weighted by atomic mass is 10.1. The van der Waals surface area contributed by atoms with Gasteiger partial charge < -0.3 is 20.1 Å². The average molecular weight is 278 g/mol. The molecule has 5 nitrogen and oxygen atoms in total. The standard InChI is InChI=1S/C15H22N2O3/c1-19-13-6-4-8-17(10-13)15(18)11-20-14-7-3-2-5-12(14)9-16/h2-3,5,7,13H,4,6,8-11,16H2,1H3. The molecule has 0 saturated carbocycles. The van der Waals surface area contributed by atoms with Crippen LogP contribution in [-0.2, 0) is 16.1 Å². The first-order valence-electron chi connectivity index (χ1n) is 6.96. The zero-order valence-corrected chi connectivity index (χ0v) is 11.9. The summed E-state index contributed by atoms with van der Waals surface area (Å²) in [4.78, 5) is 14.0. The number of hydrogen-bond donors (Lipinski definition) is 1. The van der Waals surface area contributed by atoms with Crippen LogP contribution in [0.2, 0.25) is 0 Å². The van der Waals surface area contributed by atoms with Gasteiger partial charge in [-0.05, 0) is 18.9 Å². The average Bonchev–Trinajstić information content (AvgIpc) is 2.52. The monoisotopic (exact) mass is 278 g/mol. The quantitative estimate of drug-likeness (QED) is 0.878. The minimum absolute atomic E-state index is 0.00132. The normalized spacial score (nSPS) is 18.9. The maximum Gasteiger partial charge on any atom is 0.260 e. The van der Waals surface area contributed by atoms with Crippen molar-refractivity contribution in [3.8, 4) is 5.75 Å². The summed E-state index contributed by atoms with van der Waals surface area (Å²) in [7, 11) is 1.69. The van der Waals surface area contributed by atoms with E-state index in [1.807, 2.05) is 29.2 Å². The predicted molar refractivity (Wildman–Crippen MR) is 76.4 cm³/mol. The maximum absolute atomic E-state index is 12.1. The smallest absolute Gasteiger partial charge is 0.260 e. The first-order valence-corrected chi connectivity index (χ1v) is 6.96. The molecule has 1 aliphatic heterocycles. The van der Waals surface area contributed by atoms with Crippen LogP contribution in [0.5, 0.6) is 5.75 Å². The van der Waals surface area contributed by atoms with E-state index in [9.17, 15) is 4.79 Å². The number of para-hydroxylation sites is 1. The van der Waals surface area contributed by atoms with Crippen LogP contribution in [0.15, 0.2) is 24.3 Å². The van der Waals surface area contributed by atoms with Crippen molar-refractivity contribution in [1.82, 2.24) is 4.90 Å². The van der Waals surface area contributed by atoms with Crippen LogP contribution in [0.25, 0.3) is 0 Å². The first kappa shape index (κ1) is 14.8. The first-order chi connectivity index (χ1) is 9.74. The van der Waals surface area contributed by atoms with Crippen molar-refractivity contribution < 1.29 is 14.3 Å². The number of nitrogens with two attached hydrogens (primary N) is 1. The number of rotatable bonds is 5. The summed E-state index contributed by atoms with van der Waals surface area (Å²) in [5.74, 6) is 0.683. The third-order valence-corrected chi connectivity index (χ3v) is 3.61. The van der Waals surface area contributed by atoms with Crippen molar-refractivity contribution in [2.45, 2.75) is 25.5 Å². The molecule has 2 rings (SSSR count). The van der Waals surface area contributed by atoms with Crippen molar-refractivity contribution in [3.63, 3.8) is 0 Å². The van der Waals surface area contributed by atoms with Gasteiger partial charge in [0.25, 0.3) is 5.91 Å². The van der Waals surface area contributed by atoms with E-state index in [0.717, 1.165) is 24.9 Å². The van der Waals surface area contributed by atoms with Crippen molar-refractivity contribution in [3.05, 3.63) is 29.8 Å². The summed E-state index contributed by atoms with van der Waals surface area (Å²) < 4.78 is 10.9. The summed E-state index contributed by atoms with van der Waals surface area (Å²) in [5.41, 5.74) is 6.56. The number of likely N-dealkylation sites (tertiary alicyclic amines) is 1. The minimum atomic E-state index is -0.00132. The second-order valence-corrected chi connectivity index (χ2v) is 4.94. The summed E-state index contributed by atoms with van der Waals surface area (Å²) in [5, 5.41) is 0. The molecule has 1 aliphatic rings. The second kappa shape index (κ2) is 7.26. The van der Waals surface area contributed by atoms with Gasteiger partial charge in [0.1, 0.15) is 5.75 Å². The Kier molecular flexibility index (Phi) is 5.38. The Balaban J connectivity index is 1.88. The van der Waals surface area contributed by atoms with Gasteiger partial charge in [-0.1, -0.05) is 18.2 Å². The van der Waals surface area contributed by atoms with Gasteiger partial charge in [-0.2, -0.15) is 0 Å². The van der Waals surface area contributed by atoms with E-state index in [-0.39, 0.29) is 18.6 Å².